The van der Waals surface area contributed by atoms with Gasteiger partial charge in [0.25, 0.3) is 11.8 Å². The van der Waals surface area contributed by atoms with Crippen LogP contribution in [-0.4, -0.2) is 32.6 Å². The number of rotatable bonds is 9. The fourth-order valence-corrected chi connectivity index (χ4v) is 2.95. The van der Waals surface area contributed by atoms with E-state index in [-0.39, 0.29) is 12.2 Å². The van der Waals surface area contributed by atoms with Crippen LogP contribution in [0.1, 0.15) is 5.56 Å². The first-order valence-electron chi connectivity index (χ1n) is 10.4. The number of nitrogens with one attached hydrogen (secondary N) is 2. The molecule has 178 valence electrons. The molecular weight excluding hydrogens is 453 g/mol. The maximum atomic E-state index is 13.0. The second kappa shape index (κ2) is 11.9. The van der Waals surface area contributed by atoms with Gasteiger partial charge in [-0.2, -0.15) is 5.26 Å². The summed E-state index contributed by atoms with van der Waals surface area (Å²) >= 11 is 0. The van der Waals surface area contributed by atoms with Gasteiger partial charge >= 0.3 is 0 Å². The lowest BCUT2D eigenvalue weighted by Gasteiger charge is -2.12. The van der Waals surface area contributed by atoms with Gasteiger partial charge in [0.15, 0.2) is 18.1 Å². The zero-order valence-corrected chi connectivity index (χ0v) is 19.0. The van der Waals surface area contributed by atoms with E-state index >= 15 is 0 Å². The molecule has 2 amide bonds. The Bertz CT molecular complexity index is 1270. The van der Waals surface area contributed by atoms with Gasteiger partial charge in [0, 0.05) is 11.4 Å². The Kier molecular flexibility index (Phi) is 8.40. The molecule has 0 saturated carbocycles. The number of methoxy groups -OCH3 is 2. The summed E-state index contributed by atoms with van der Waals surface area (Å²) in [6.07, 6.45) is 1.41. The molecule has 0 aliphatic heterocycles. The zero-order chi connectivity index (χ0) is 25.2. The van der Waals surface area contributed by atoms with Crippen LogP contribution in [0.15, 0.2) is 72.3 Å². The van der Waals surface area contributed by atoms with Crippen LogP contribution >= 0.6 is 0 Å². The number of amides is 2. The summed E-state index contributed by atoms with van der Waals surface area (Å²) in [5, 5.41) is 14.7. The van der Waals surface area contributed by atoms with Gasteiger partial charge in [0.2, 0.25) is 0 Å². The van der Waals surface area contributed by atoms with Gasteiger partial charge < -0.3 is 24.8 Å². The number of benzene rings is 3. The summed E-state index contributed by atoms with van der Waals surface area (Å²) in [6.45, 7) is -0.309. The lowest BCUT2D eigenvalue weighted by atomic mass is 10.1. The minimum Gasteiger partial charge on any atom is -0.497 e. The van der Waals surface area contributed by atoms with Crippen molar-refractivity contribution in [3.8, 4) is 23.3 Å². The van der Waals surface area contributed by atoms with E-state index in [2.05, 4.69) is 10.6 Å². The molecule has 35 heavy (non-hydrogen) atoms. The molecule has 0 aliphatic rings. The van der Waals surface area contributed by atoms with Gasteiger partial charge in [0.1, 0.15) is 23.2 Å². The highest BCUT2D eigenvalue weighted by Gasteiger charge is 2.12. The largest absolute Gasteiger partial charge is 0.497 e. The summed E-state index contributed by atoms with van der Waals surface area (Å²) in [6, 6.07) is 18.7. The van der Waals surface area contributed by atoms with Gasteiger partial charge in [0.05, 0.1) is 14.2 Å². The van der Waals surface area contributed by atoms with Crippen molar-refractivity contribution in [1.29, 1.82) is 5.26 Å². The molecule has 0 saturated heterocycles. The number of ether oxygens (including phenoxy) is 3. The summed E-state index contributed by atoms with van der Waals surface area (Å²) in [4.78, 5) is 24.6. The van der Waals surface area contributed by atoms with Gasteiger partial charge in [-0.1, -0.05) is 6.07 Å². The predicted molar refractivity (Wildman–Crippen MR) is 129 cm³/mol. The second-order valence-corrected chi connectivity index (χ2v) is 7.11. The van der Waals surface area contributed by atoms with Crippen molar-refractivity contribution in [2.45, 2.75) is 0 Å². The van der Waals surface area contributed by atoms with Crippen LogP contribution in [0.2, 0.25) is 0 Å². The van der Waals surface area contributed by atoms with E-state index in [1.807, 2.05) is 6.07 Å². The quantitative estimate of drug-likeness (QED) is 0.351. The number of nitrogens with zero attached hydrogens (tertiary/aromatic N) is 1. The van der Waals surface area contributed by atoms with Gasteiger partial charge in [-0.3, -0.25) is 9.59 Å². The number of nitriles is 1. The maximum absolute atomic E-state index is 13.0. The molecule has 0 atom stereocenters. The average molecular weight is 475 g/mol. The molecule has 0 fully saturated rings. The summed E-state index contributed by atoms with van der Waals surface area (Å²) in [7, 11) is 2.97. The van der Waals surface area contributed by atoms with Gasteiger partial charge in [-0.15, -0.1) is 0 Å². The Hall–Kier alpha value is -4.84. The first kappa shape index (κ1) is 24.8. The Balaban J connectivity index is 1.66. The van der Waals surface area contributed by atoms with Crippen LogP contribution in [-0.2, 0) is 9.59 Å². The van der Waals surface area contributed by atoms with E-state index in [9.17, 15) is 19.2 Å². The van der Waals surface area contributed by atoms with Crippen molar-refractivity contribution in [3.63, 3.8) is 0 Å². The standard InChI is InChI=1S/C26H22FN3O5/c1-33-22-10-8-21(9-11-22)30-26(32)18(15-28)13-17-3-12-23(24(14-17)34-2)35-16-25(31)29-20-6-4-19(27)5-7-20/h3-14H,16H2,1-2H3,(H,29,31)(H,30,32). The Morgan fingerprint density at radius 1 is 0.914 bits per heavy atom. The third-order valence-corrected chi connectivity index (χ3v) is 4.70. The van der Waals surface area contributed by atoms with Crippen molar-refractivity contribution in [2.75, 3.05) is 31.5 Å². The van der Waals surface area contributed by atoms with E-state index in [0.29, 0.717) is 34.2 Å². The fraction of sp³-hybridized carbons (Fsp3) is 0.115. The third-order valence-electron chi connectivity index (χ3n) is 4.70. The molecule has 3 aromatic carbocycles. The molecule has 3 aromatic rings. The molecule has 0 aromatic heterocycles. The zero-order valence-electron chi connectivity index (χ0n) is 19.0. The number of carbonyl (C=O) groups is 2. The van der Waals surface area contributed by atoms with Crippen LogP contribution in [0, 0.1) is 17.1 Å². The lowest BCUT2D eigenvalue weighted by Crippen LogP contribution is -2.20. The van der Waals surface area contributed by atoms with Crippen molar-refractivity contribution >= 4 is 29.3 Å². The molecule has 0 spiro atoms. The normalized spacial score (nSPS) is 10.6. The molecule has 3 rings (SSSR count). The summed E-state index contributed by atoms with van der Waals surface area (Å²) in [5.41, 5.74) is 1.35. The molecule has 0 aliphatic carbocycles. The van der Waals surface area contributed by atoms with Crippen molar-refractivity contribution in [2.24, 2.45) is 0 Å². The van der Waals surface area contributed by atoms with Crippen molar-refractivity contribution < 1.29 is 28.2 Å². The third kappa shape index (κ3) is 7.07. The van der Waals surface area contributed by atoms with Crippen LogP contribution in [0.3, 0.4) is 0 Å². The SMILES string of the molecule is COc1ccc(NC(=O)C(C#N)=Cc2ccc(OCC(=O)Nc3ccc(F)cc3)c(OC)c2)cc1. The number of halogens is 1. The predicted octanol–water partition coefficient (Wildman–Crippen LogP) is 4.41. The monoisotopic (exact) mass is 475 g/mol. The number of hydrogen-bond donors (Lipinski definition) is 2. The van der Waals surface area contributed by atoms with Crippen LogP contribution < -0.4 is 24.8 Å². The number of carbonyl (C=O) groups excluding carboxylic acids is 2. The van der Waals surface area contributed by atoms with E-state index in [1.165, 1.54) is 44.6 Å². The molecule has 0 bridgehead atoms. The average Bonchev–Trinajstić information content (AvgIpc) is 2.88. The second-order valence-electron chi connectivity index (χ2n) is 7.11. The van der Waals surface area contributed by atoms with Gasteiger partial charge in [-0.25, -0.2) is 4.39 Å². The van der Waals surface area contributed by atoms with Crippen LogP contribution in [0.4, 0.5) is 15.8 Å². The molecular formula is C26H22FN3O5. The summed E-state index contributed by atoms with van der Waals surface area (Å²) in [5.74, 6) is -0.183. The summed E-state index contributed by atoms with van der Waals surface area (Å²) < 4.78 is 28.9. The minimum atomic E-state index is -0.575. The maximum Gasteiger partial charge on any atom is 0.266 e. The highest BCUT2D eigenvalue weighted by Crippen LogP contribution is 2.29. The van der Waals surface area contributed by atoms with E-state index in [0.717, 1.165) is 0 Å². The van der Waals surface area contributed by atoms with Crippen molar-refractivity contribution in [1.82, 2.24) is 0 Å². The molecule has 2 N–H and O–H groups in total. The Morgan fingerprint density at radius 3 is 2.20 bits per heavy atom. The lowest BCUT2D eigenvalue weighted by molar-refractivity contribution is -0.118. The van der Waals surface area contributed by atoms with E-state index in [4.69, 9.17) is 14.2 Å². The number of hydrogen-bond acceptors (Lipinski definition) is 6. The van der Waals surface area contributed by atoms with Crippen LogP contribution in [0.5, 0.6) is 17.2 Å². The van der Waals surface area contributed by atoms with Crippen molar-refractivity contribution in [3.05, 3.63) is 83.7 Å². The topological polar surface area (TPSA) is 110 Å². The van der Waals surface area contributed by atoms with Crippen LogP contribution in [0.25, 0.3) is 6.08 Å². The molecule has 0 heterocycles. The Labute approximate surface area is 201 Å². The first-order valence-corrected chi connectivity index (χ1v) is 10.4. The van der Waals surface area contributed by atoms with E-state index in [1.54, 1.807) is 42.5 Å². The first-order chi connectivity index (χ1) is 16.9. The minimum absolute atomic E-state index is 0.116. The van der Waals surface area contributed by atoms with Gasteiger partial charge in [-0.05, 0) is 72.3 Å². The number of anilines is 2. The molecule has 0 unspecified atom stereocenters. The molecule has 9 heteroatoms. The molecule has 8 nitrogen and oxygen atoms in total. The van der Waals surface area contributed by atoms with E-state index < -0.39 is 17.6 Å². The smallest absolute Gasteiger partial charge is 0.266 e. The fourth-order valence-electron chi connectivity index (χ4n) is 2.95. The molecule has 0 radical (unpaired) electrons. The highest BCUT2D eigenvalue weighted by atomic mass is 19.1. The highest BCUT2D eigenvalue weighted by molar-refractivity contribution is 6.09. The Morgan fingerprint density at radius 2 is 1.57 bits per heavy atom.